The second-order valence-corrected chi connectivity index (χ2v) is 17.0. The summed E-state index contributed by atoms with van der Waals surface area (Å²) in [6.07, 6.45) is 0. The molecule has 13 rings (SSSR count). The van der Waals surface area contributed by atoms with Crippen LogP contribution in [0.5, 0.6) is 0 Å². The zero-order valence-corrected chi connectivity index (χ0v) is 33.8. The first kappa shape index (κ1) is 34.3. The minimum atomic E-state index is -0.557. The standard InChI is InChI=1S/C56H36N4S/c1-3-17-38(18-4-1)59-49-27-13-8-22-43(49)56(44-23-9-14-28-50(44)59)45-24-10-16-30-53(45)61-54-36-52-42(35-46(54)56)41-21-7-12-26-48(41)58(52)40-33-31-37(32-34-40)55-57-47-25-11-15-29-51(47)60(55)39-19-5-2-6-20-39/h1-36H. The van der Waals surface area contributed by atoms with E-state index in [4.69, 9.17) is 4.98 Å². The number of aromatic nitrogens is 3. The van der Waals surface area contributed by atoms with E-state index in [0.717, 1.165) is 39.5 Å². The van der Waals surface area contributed by atoms with Crippen LogP contribution in [0.1, 0.15) is 22.3 Å². The molecule has 0 saturated heterocycles. The average Bonchev–Trinajstić information content (AvgIpc) is 3.87. The molecular weight excluding hydrogens is 761 g/mol. The molecule has 4 heterocycles. The van der Waals surface area contributed by atoms with Gasteiger partial charge in [-0.2, -0.15) is 0 Å². The van der Waals surface area contributed by atoms with Crippen LogP contribution in [0.4, 0.5) is 17.1 Å². The SMILES string of the molecule is c1ccc(N2c3ccccc3C3(c4ccccc4Sc4cc5c(cc43)c3ccccc3n5-c3ccc(-c4nc5ccccc5n4-c4ccccc4)cc3)c3ccccc32)cc1. The van der Waals surface area contributed by atoms with Crippen molar-refractivity contribution in [2.24, 2.45) is 0 Å². The molecule has 0 N–H and O–H groups in total. The number of rotatable bonds is 4. The fourth-order valence-electron chi connectivity index (χ4n) is 10.3. The summed E-state index contributed by atoms with van der Waals surface area (Å²) in [5, 5.41) is 2.47. The molecular formula is C56H36N4S. The number of fused-ring (bicyclic) bond motifs is 12. The third-order valence-corrected chi connectivity index (χ3v) is 13.9. The number of hydrogen-bond acceptors (Lipinski definition) is 3. The van der Waals surface area contributed by atoms with Gasteiger partial charge in [0.2, 0.25) is 0 Å². The normalized spacial score (nSPS) is 13.6. The van der Waals surface area contributed by atoms with Crippen LogP contribution in [-0.2, 0) is 5.41 Å². The van der Waals surface area contributed by atoms with E-state index in [1.807, 2.05) is 11.8 Å². The molecule has 61 heavy (non-hydrogen) atoms. The van der Waals surface area contributed by atoms with Gasteiger partial charge < -0.3 is 9.47 Å². The molecule has 0 bridgehead atoms. The third-order valence-electron chi connectivity index (χ3n) is 12.8. The van der Waals surface area contributed by atoms with E-state index in [1.165, 1.54) is 65.2 Å². The van der Waals surface area contributed by atoms with Crippen molar-refractivity contribution < 1.29 is 0 Å². The summed E-state index contributed by atoms with van der Waals surface area (Å²) >= 11 is 1.89. The van der Waals surface area contributed by atoms with Crippen molar-refractivity contribution in [1.29, 1.82) is 0 Å². The number of hydrogen-bond donors (Lipinski definition) is 0. The summed E-state index contributed by atoms with van der Waals surface area (Å²) < 4.78 is 4.71. The summed E-state index contributed by atoms with van der Waals surface area (Å²) in [4.78, 5) is 10.2. The Morgan fingerprint density at radius 1 is 0.377 bits per heavy atom. The summed E-state index contributed by atoms with van der Waals surface area (Å²) in [6, 6.07) is 79.7. The van der Waals surface area contributed by atoms with E-state index in [-0.39, 0.29) is 0 Å². The van der Waals surface area contributed by atoms with Crippen molar-refractivity contribution in [2.45, 2.75) is 15.2 Å². The van der Waals surface area contributed by atoms with Gasteiger partial charge in [-0.25, -0.2) is 4.98 Å². The molecule has 286 valence electrons. The van der Waals surface area contributed by atoms with Gasteiger partial charge in [-0.15, -0.1) is 0 Å². The van der Waals surface area contributed by atoms with Crippen LogP contribution in [0.2, 0.25) is 0 Å². The molecule has 0 amide bonds. The minimum absolute atomic E-state index is 0.557. The van der Waals surface area contributed by atoms with Crippen molar-refractivity contribution in [3.63, 3.8) is 0 Å². The highest BCUT2D eigenvalue weighted by atomic mass is 32.2. The molecule has 9 aromatic carbocycles. The van der Waals surface area contributed by atoms with E-state index >= 15 is 0 Å². The van der Waals surface area contributed by atoms with Gasteiger partial charge in [0.1, 0.15) is 5.82 Å². The molecule has 2 aliphatic rings. The van der Waals surface area contributed by atoms with Gasteiger partial charge in [0.05, 0.1) is 38.9 Å². The van der Waals surface area contributed by atoms with Gasteiger partial charge in [-0.05, 0) is 119 Å². The molecule has 1 spiro atoms. The summed E-state index contributed by atoms with van der Waals surface area (Å²) in [6.45, 7) is 0. The Hall–Kier alpha value is -7.60. The number of nitrogens with zero attached hydrogens (tertiary/aromatic N) is 4. The number of anilines is 3. The van der Waals surface area contributed by atoms with E-state index < -0.39 is 5.41 Å². The van der Waals surface area contributed by atoms with Crippen molar-refractivity contribution in [3.8, 4) is 22.8 Å². The monoisotopic (exact) mass is 796 g/mol. The van der Waals surface area contributed by atoms with Crippen molar-refractivity contribution in [1.82, 2.24) is 14.1 Å². The molecule has 0 saturated carbocycles. The fourth-order valence-corrected chi connectivity index (χ4v) is 11.5. The van der Waals surface area contributed by atoms with Crippen LogP contribution in [0.3, 0.4) is 0 Å². The Morgan fingerprint density at radius 2 is 0.951 bits per heavy atom. The molecule has 11 aromatic rings. The van der Waals surface area contributed by atoms with Gasteiger partial charge in [-0.1, -0.05) is 133 Å². The Balaban J connectivity index is 1.04. The molecule has 2 aromatic heterocycles. The highest BCUT2D eigenvalue weighted by Crippen LogP contribution is 2.63. The maximum Gasteiger partial charge on any atom is 0.145 e. The minimum Gasteiger partial charge on any atom is -0.310 e. The zero-order chi connectivity index (χ0) is 40.1. The summed E-state index contributed by atoms with van der Waals surface area (Å²) in [5.74, 6) is 0.925. The van der Waals surface area contributed by atoms with Gasteiger partial charge >= 0.3 is 0 Å². The number of benzene rings is 9. The van der Waals surface area contributed by atoms with Crippen molar-refractivity contribution >= 4 is 61.7 Å². The smallest absolute Gasteiger partial charge is 0.145 e. The second-order valence-electron chi connectivity index (χ2n) is 15.9. The van der Waals surface area contributed by atoms with Crippen LogP contribution in [0.15, 0.2) is 228 Å². The Bertz CT molecular complexity index is 3460. The maximum absolute atomic E-state index is 5.16. The van der Waals surface area contributed by atoms with Crippen LogP contribution < -0.4 is 4.90 Å². The Labute approximate surface area is 357 Å². The van der Waals surface area contributed by atoms with Gasteiger partial charge in [0, 0.05) is 43.2 Å². The highest BCUT2D eigenvalue weighted by Gasteiger charge is 2.50. The topological polar surface area (TPSA) is 26.0 Å². The molecule has 5 heteroatoms. The van der Waals surface area contributed by atoms with Crippen LogP contribution in [0.25, 0.3) is 55.6 Å². The average molecular weight is 797 g/mol. The lowest BCUT2D eigenvalue weighted by molar-refractivity contribution is 0.693. The Morgan fingerprint density at radius 3 is 1.69 bits per heavy atom. The van der Waals surface area contributed by atoms with Crippen molar-refractivity contribution in [3.05, 3.63) is 241 Å². The van der Waals surface area contributed by atoms with E-state index in [9.17, 15) is 0 Å². The van der Waals surface area contributed by atoms with Gasteiger partial charge in [0.15, 0.2) is 0 Å². The van der Waals surface area contributed by atoms with Crippen LogP contribution in [-0.4, -0.2) is 14.1 Å². The van der Waals surface area contributed by atoms with Gasteiger partial charge in [0.25, 0.3) is 0 Å². The highest BCUT2D eigenvalue weighted by molar-refractivity contribution is 7.99. The first-order valence-corrected chi connectivity index (χ1v) is 21.6. The predicted octanol–water partition coefficient (Wildman–Crippen LogP) is 14.4. The van der Waals surface area contributed by atoms with Crippen LogP contribution >= 0.6 is 11.8 Å². The van der Waals surface area contributed by atoms with Gasteiger partial charge in [-0.3, -0.25) is 4.57 Å². The molecule has 0 fully saturated rings. The zero-order valence-electron chi connectivity index (χ0n) is 33.0. The molecule has 2 aliphatic heterocycles. The third kappa shape index (κ3) is 4.87. The predicted molar refractivity (Wildman–Crippen MR) is 252 cm³/mol. The quantitative estimate of drug-likeness (QED) is 0.177. The second kappa shape index (κ2) is 13.2. The first-order valence-electron chi connectivity index (χ1n) is 20.8. The summed E-state index contributed by atoms with van der Waals surface area (Å²) in [7, 11) is 0. The fraction of sp³-hybridized carbons (Fsp3) is 0.0179. The van der Waals surface area contributed by atoms with E-state index in [2.05, 4.69) is 232 Å². The van der Waals surface area contributed by atoms with E-state index in [1.54, 1.807) is 0 Å². The van der Waals surface area contributed by atoms with Crippen LogP contribution in [0, 0.1) is 0 Å². The maximum atomic E-state index is 5.16. The number of imidazole rings is 1. The lowest BCUT2D eigenvalue weighted by Crippen LogP contribution is -2.39. The number of para-hydroxylation sites is 7. The molecule has 0 aliphatic carbocycles. The summed E-state index contributed by atoms with van der Waals surface area (Å²) in [5.41, 5.74) is 15.9. The first-order chi connectivity index (χ1) is 30.3. The van der Waals surface area contributed by atoms with Crippen molar-refractivity contribution in [2.75, 3.05) is 4.90 Å². The molecule has 0 atom stereocenters. The Kier molecular flexibility index (Phi) is 7.42. The largest absolute Gasteiger partial charge is 0.310 e. The lowest BCUT2D eigenvalue weighted by atomic mass is 9.62. The molecule has 0 radical (unpaired) electrons. The van der Waals surface area contributed by atoms with E-state index in [0.29, 0.717) is 0 Å². The molecule has 4 nitrogen and oxygen atoms in total. The lowest BCUT2D eigenvalue weighted by Gasteiger charge is -2.49. The molecule has 0 unspecified atom stereocenters.